The van der Waals surface area contributed by atoms with E-state index in [4.69, 9.17) is 9.26 Å². The maximum atomic E-state index is 7.12. The van der Waals surface area contributed by atoms with Crippen molar-refractivity contribution in [1.29, 1.82) is 0 Å². The van der Waals surface area contributed by atoms with Crippen LogP contribution < -0.4 is 10.6 Å². The number of hydrogen-bond acceptors (Lipinski definition) is 3. The minimum atomic E-state index is -1.01. The first kappa shape index (κ1) is 24.7. The van der Waals surface area contributed by atoms with Crippen LogP contribution in [0.5, 0.6) is 0 Å². The third-order valence-corrected chi connectivity index (χ3v) is 8.65. The summed E-state index contributed by atoms with van der Waals surface area (Å²) in [6, 6.07) is 38.4. The summed E-state index contributed by atoms with van der Waals surface area (Å²) in [6.07, 6.45) is -0.140. The second-order valence-corrected chi connectivity index (χ2v) is 11.5. The monoisotopic (exact) mass is 486 g/mol. The average Bonchev–Trinajstić information content (AvgIpc) is 2.85. The van der Waals surface area contributed by atoms with Gasteiger partial charge in [0.2, 0.25) is 0 Å². The molecule has 174 valence electrons. The lowest BCUT2D eigenvalue weighted by Gasteiger charge is -2.31. The number of hydrogen-bond donors (Lipinski definition) is 0. The van der Waals surface area contributed by atoms with E-state index in [1.165, 1.54) is 32.2 Å². The molecule has 0 bridgehead atoms. The van der Waals surface area contributed by atoms with Gasteiger partial charge in [-0.1, -0.05) is 97.1 Å². The molecule has 4 aromatic rings. The molecule has 0 aromatic heterocycles. The molecule has 0 aliphatic rings. The third-order valence-electron chi connectivity index (χ3n) is 5.48. The zero-order valence-corrected chi connectivity index (χ0v) is 21.6. The van der Waals surface area contributed by atoms with Crippen LogP contribution in [-0.4, -0.2) is 19.0 Å². The van der Waals surface area contributed by atoms with Gasteiger partial charge in [0.05, 0.1) is 20.0 Å². The topological polar surface area (TPSA) is 18.5 Å². The molecule has 4 heteroatoms. The minimum Gasteiger partial charge on any atom is -0.383 e. The molecular formula is C30H31O2PS. The molecule has 0 saturated carbocycles. The van der Waals surface area contributed by atoms with Crippen molar-refractivity contribution >= 4 is 30.5 Å². The highest BCUT2D eigenvalue weighted by Gasteiger charge is 2.30. The van der Waals surface area contributed by atoms with Gasteiger partial charge in [0.25, 0.3) is 0 Å². The second kappa shape index (κ2) is 12.3. The summed E-state index contributed by atoms with van der Waals surface area (Å²) in [6.45, 7) is 4.89. The molecule has 0 unspecified atom stereocenters. The number of ether oxygens (including phenoxy) is 1. The molecule has 4 rings (SSSR count). The number of methoxy groups -OCH3 is 1. The van der Waals surface area contributed by atoms with Gasteiger partial charge in [0, 0.05) is 22.6 Å². The summed E-state index contributed by atoms with van der Waals surface area (Å²) in [5.74, 6) is 0. The molecule has 0 heterocycles. The molecule has 0 fully saturated rings. The summed E-state index contributed by atoms with van der Waals surface area (Å²) in [5, 5.41) is 2.50. The standard InChI is InChI=1S/C30H31O2PS/c1-23-19-24(2)21-28(20-23)34-29(22-31-3)30(25-13-7-4-8-14-25)32-33(26-15-9-5-10-16-26)27-17-11-6-12-18-27/h4-21,29-30H,22H2,1-3H3/t29-,30-/m0/s1. The predicted molar refractivity (Wildman–Crippen MR) is 147 cm³/mol. The molecule has 2 atom stereocenters. The van der Waals surface area contributed by atoms with Gasteiger partial charge in [-0.15, -0.1) is 11.8 Å². The van der Waals surface area contributed by atoms with E-state index >= 15 is 0 Å². The van der Waals surface area contributed by atoms with E-state index in [-0.39, 0.29) is 11.4 Å². The highest BCUT2D eigenvalue weighted by Crippen LogP contribution is 2.46. The van der Waals surface area contributed by atoms with Gasteiger partial charge in [-0.2, -0.15) is 0 Å². The van der Waals surface area contributed by atoms with Gasteiger partial charge in [-0.05, 0) is 42.7 Å². The van der Waals surface area contributed by atoms with E-state index in [1.807, 2.05) is 11.8 Å². The Kier molecular flexibility index (Phi) is 8.96. The van der Waals surface area contributed by atoms with Crippen molar-refractivity contribution in [2.24, 2.45) is 0 Å². The average molecular weight is 487 g/mol. The molecule has 0 spiro atoms. The normalized spacial score (nSPS) is 13.1. The molecule has 4 aromatic carbocycles. The smallest absolute Gasteiger partial charge is 0.102 e. The zero-order chi connectivity index (χ0) is 23.8. The Hall–Kier alpha value is -2.42. The van der Waals surface area contributed by atoms with Crippen LogP contribution in [0.3, 0.4) is 0 Å². The first-order valence-electron chi connectivity index (χ1n) is 11.5. The van der Waals surface area contributed by atoms with Gasteiger partial charge in [0.1, 0.15) is 6.10 Å². The van der Waals surface area contributed by atoms with E-state index in [0.717, 1.165) is 0 Å². The fourth-order valence-electron chi connectivity index (χ4n) is 4.02. The number of rotatable bonds is 10. The molecule has 0 radical (unpaired) electrons. The summed E-state index contributed by atoms with van der Waals surface area (Å²) in [4.78, 5) is 1.24. The summed E-state index contributed by atoms with van der Waals surface area (Å²) < 4.78 is 12.9. The van der Waals surface area contributed by atoms with Gasteiger partial charge in [-0.25, -0.2) is 0 Å². The molecule has 0 N–H and O–H groups in total. The number of aryl methyl sites for hydroxylation is 2. The first-order chi connectivity index (χ1) is 16.6. The van der Waals surface area contributed by atoms with E-state index in [2.05, 4.69) is 123 Å². The van der Waals surface area contributed by atoms with E-state index < -0.39 is 8.15 Å². The summed E-state index contributed by atoms with van der Waals surface area (Å²) in [7, 11) is 0.759. The Balaban J connectivity index is 1.74. The van der Waals surface area contributed by atoms with Crippen molar-refractivity contribution < 1.29 is 9.26 Å². The van der Waals surface area contributed by atoms with Crippen LogP contribution >= 0.6 is 19.9 Å². The lowest BCUT2D eigenvalue weighted by atomic mass is 10.1. The van der Waals surface area contributed by atoms with Crippen LogP contribution in [0.2, 0.25) is 0 Å². The lowest BCUT2D eigenvalue weighted by molar-refractivity contribution is 0.144. The quantitative estimate of drug-likeness (QED) is 0.174. The maximum absolute atomic E-state index is 7.12. The highest BCUT2D eigenvalue weighted by atomic mass is 32.2. The van der Waals surface area contributed by atoms with Crippen LogP contribution in [-0.2, 0) is 9.26 Å². The molecule has 0 saturated heterocycles. The maximum Gasteiger partial charge on any atom is 0.102 e. The van der Waals surface area contributed by atoms with Crippen molar-refractivity contribution in [3.63, 3.8) is 0 Å². The minimum absolute atomic E-state index is 0.0889. The van der Waals surface area contributed by atoms with Crippen molar-refractivity contribution in [3.05, 3.63) is 126 Å². The van der Waals surface area contributed by atoms with Crippen molar-refractivity contribution in [2.45, 2.75) is 30.1 Å². The van der Waals surface area contributed by atoms with Crippen molar-refractivity contribution in [1.82, 2.24) is 0 Å². The lowest BCUT2D eigenvalue weighted by Crippen LogP contribution is -2.25. The highest BCUT2D eigenvalue weighted by molar-refractivity contribution is 8.00. The molecule has 0 amide bonds. The molecule has 0 aliphatic carbocycles. The molecular weight excluding hydrogens is 455 g/mol. The van der Waals surface area contributed by atoms with E-state index in [1.54, 1.807) is 7.11 Å². The summed E-state index contributed by atoms with van der Waals surface area (Å²) in [5.41, 5.74) is 3.71. The van der Waals surface area contributed by atoms with Crippen molar-refractivity contribution in [2.75, 3.05) is 13.7 Å². The van der Waals surface area contributed by atoms with E-state index in [0.29, 0.717) is 6.61 Å². The Bertz CT molecular complexity index is 1090. The Morgan fingerprint density at radius 3 is 1.71 bits per heavy atom. The zero-order valence-electron chi connectivity index (χ0n) is 19.9. The largest absolute Gasteiger partial charge is 0.383 e. The third kappa shape index (κ3) is 6.58. The molecule has 2 nitrogen and oxygen atoms in total. The first-order valence-corrected chi connectivity index (χ1v) is 13.6. The van der Waals surface area contributed by atoms with Crippen LogP contribution in [0.25, 0.3) is 0 Å². The summed E-state index contributed by atoms with van der Waals surface area (Å²) >= 11 is 1.84. The van der Waals surface area contributed by atoms with Gasteiger partial charge in [-0.3, -0.25) is 0 Å². The van der Waals surface area contributed by atoms with E-state index in [9.17, 15) is 0 Å². The van der Waals surface area contributed by atoms with Crippen LogP contribution in [0.4, 0.5) is 0 Å². The SMILES string of the molecule is COC[C@H](Sc1cc(C)cc(C)c1)[C@@H](OP(c1ccccc1)c1ccccc1)c1ccccc1. The second-order valence-electron chi connectivity index (χ2n) is 8.34. The Labute approximate surface area is 209 Å². The molecule has 0 aliphatic heterocycles. The van der Waals surface area contributed by atoms with Crippen molar-refractivity contribution in [3.8, 4) is 0 Å². The fraction of sp³-hybridized carbons (Fsp3) is 0.200. The fourth-order valence-corrected chi connectivity index (χ4v) is 7.42. The van der Waals surface area contributed by atoms with Crippen LogP contribution in [0.15, 0.2) is 114 Å². The predicted octanol–water partition coefficient (Wildman–Crippen LogP) is 7.22. The van der Waals surface area contributed by atoms with Crippen LogP contribution in [0, 0.1) is 13.8 Å². The van der Waals surface area contributed by atoms with Gasteiger partial charge < -0.3 is 9.26 Å². The molecule has 34 heavy (non-hydrogen) atoms. The number of benzene rings is 4. The Morgan fingerprint density at radius 2 is 1.21 bits per heavy atom. The number of thioether (sulfide) groups is 1. The van der Waals surface area contributed by atoms with Crippen LogP contribution in [0.1, 0.15) is 22.8 Å². The van der Waals surface area contributed by atoms with Gasteiger partial charge in [0.15, 0.2) is 0 Å². The van der Waals surface area contributed by atoms with Gasteiger partial charge >= 0.3 is 0 Å². The Morgan fingerprint density at radius 1 is 0.706 bits per heavy atom.